The summed E-state index contributed by atoms with van der Waals surface area (Å²) in [7, 11) is 0. The van der Waals surface area contributed by atoms with Gasteiger partial charge in [-0.1, -0.05) is 41.9 Å². The molecule has 0 spiro atoms. The number of hydrogen-bond acceptors (Lipinski definition) is 6. The van der Waals surface area contributed by atoms with Crippen LogP contribution < -0.4 is 10.6 Å². The molecule has 1 aromatic heterocycles. The molecule has 4 aromatic rings. The smallest absolute Gasteiger partial charge is 0.269 e. The Balaban J connectivity index is 1.62. The van der Waals surface area contributed by atoms with Crippen LogP contribution in [0.15, 0.2) is 90.1 Å². The normalized spacial score (nSPS) is 14.7. The Hall–Kier alpha value is -4.50. The van der Waals surface area contributed by atoms with E-state index in [0.29, 0.717) is 44.9 Å². The third-order valence-corrected chi connectivity index (χ3v) is 5.99. The Morgan fingerprint density at radius 1 is 1.06 bits per heavy atom. The lowest BCUT2D eigenvalue weighted by Gasteiger charge is -2.28. The summed E-state index contributed by atoms with van der Waals surface area (Å²) in [4.78, 5) is 28.8. The van der Waals surface area contributed by atoms with Crippen LogP contribution >= 0.6 is 11.6 Å². The number of para-hydroxylation sites is 1. The number of amides is 1. The fourth-order valence-electron chi connectivity index (χ4n) is 4.01. The van der Waals surface area contributed by atoms with E-state index in [1.165, 1.54) is 12.1 Å². The van der Waals surface area contributed by atoms with Crippen molar-refractivity contribution < 1.29 is 9.72 Å². The second-order valence-corrected chi connectivity index (χ2v) is 8.33. The van der Waals surface area contributed by atoms with Crippen LogP contribution in [0.25, 0.3) is 11.4 Å². The van der Waals surface area contributed by atoms with E-state index in [-0.39, 0.29) is 11.6 Å². The van der Waals surface area contributed by atoms with Crippen molar-refractivity contribution in [1.82, 2.24) is 14.8 Å². The van der Waals surface area contributed by atoms with Crippen LogP contribution in [-0.2, 0) is 4.79 Å². The van der Waals surface area contributed by atoms with Crippen LogP contribution in [0.5, 0.6) is 0 Å². The zero-order valence-corrected chi connectivity index (χ0v) is 19.2. The van der Waals surface area contributed by atoms with Crippen LogP contribution in [0.1, 0.15) is 18.5 Å². The third kappa shape index (κ3) is 4.24. The first-order chi connectivity index (χ1) is 16.9. The number of halogens is 1. The summed E-state index contributed by atoms with van der Waals surface area (Å²) >= 11 is 6.37. The molecule has 0 aliphatic carbocycles. The van der Waals surface area contributed by atoms with Gasteiger partial charge in [-0.05, 0) is 48.9 Å². The molecule has 10 heteroatoms. The Bertz CT molecular complexity index is 1460. The highest BCUT2D eigenvalue weighted by atomic mass is 35.5. The van der Waals surface area contributed by atoms with Crippen molar-refractivity contribution in [3.63, 3.8) is 0 Å². The Kier molecular flexibility index (Phi) is 5.76. The minimum absolute atomic E-state index is 0.0470. The number of carbonyl (C=O) groups is 1. The number of aromatic nitrogens is 3. The van der Waals surface area contributed by atoms with Gasteiger partial charge in [-0.2, -0.15) is 4.98 Å². The lowest BCUT2D eigenvalue weighted by molar-refractivity contribution is -0.384. The van der Waals surface area contributed by atoms with Gasteiger partial charge in [-0.15, -0.1) is 5.10 Å². The molecule has 1 atom stereocenters. The van der Waals surface area contributed by atoms with Gasteiger partial charge < -0.3 is 10.6 Å². The maximum Gasteiger partial charge on any atom is 0.269 e. The molecule has 5 rings (SSSR count). The molecule has 0 bridgehead atoms. The Morgan fingerprint density at radius 2 is 1.74 bits per heavy atom. The molecule has 2 heterocycles. The minimum atomic E-state index is -0.681. The van der Waals surface area contributed by atoms with Crippen LogP contribution in [0.3, 0.4) is 0 Å². The second kappa shape index (κ2) is 9.03. The zero-order valence-electron chi connectivity index (χ0n) is 18.5. The number of nitro groups is 1. The fourth-order valence-corrected chi connectivity index (χ4v) is 4.23. The summed E-state index contributed by atoms with van der Waals surface area (Å²) in [6.45, 7) is 1.78. The van der Waals surface area contributed by atoms with E-state index < -0.39 is 11.0 Å². The SMILES string of the molecule is CC1=C(C(=O)Nc2ccccc2)[C@H](c2ccc([N+](=O)[O-])cc2)n2nc(-c3ccccc3Cl)nc2N1. The maximum atomic E-state index is 13.5. The van der Waals surface area contributed by atoms with Crippen molar-refractivity contribution in [2.24, 2.45) is 0 Å². The summed E-state index contributed by atoms with van der Waals surface area (Å²) in [5.41, 5.74) is 2.88. The number of nitrogens with zero attached hydrogens (tertiary/aromatic N) is 4. The number of rotatable bonds is 5. The van der Waals surface area contributed by atoms with E-state index in [9.17, 15) is 14.9 Å². The molecular weight excluding hydrogens is 468 g/mol. The van der Waals surface area contributed by atoms with Crippen molar-refractivity contribution in [3.05, 3.63) is 111 Å². The number of benzene rings is 3. The first-order valence-corrected chi connectivity index (χ1v) is 11.1. The first-order valence-electron chi connectivity index (χ1n) is 10.7. The van der Waals surface area contributed by atoms with Gasteiger partial charge in [0, 0.05) is 29.1 Å². The van der Waals surface area contributed by atoms with Crippen molar-refractivity contribution >= 4 is 34.8 Å². The van der Waals surface area contributed by atoms with Gasteiger partial charge in [0.25, 0.3) is 11.6 Å². The summed E-state index contributed by atoms with van der Waals surface area (Å²) in [6.07, 6.45) is 0. The number of nitrogens with one attached hydrogen (secondary N) is 2. The van der Waals surface area contributed by atoms with Crippen LogP contribution in [0.2, 0.25) is 5.02 Å². The van der Waals surface area contributed by atoms with E-state index in [0.717, 1.165) is 0 Å². The second-order valence-electron chi connectivity index (χ2n) is 7.92. The minimum Gasteiger partial charge on any atom is -0.328 e. The molecule has 0 fully saturated rings. The molecule has 1 aliphatic rings. The van der Waals surface area contributed by atoms with Crippen LogP contribution in [0.4, 0.5) is 17.3 Å². The average Bonchev–Trinajstić information content (AvgIpc) is 3.27. The van der Waals surface area contributed by atoms with Gasteiger partial charge in [-0.25, -0.2) is 4.68 Å². The number of fused-ring (bicyclic) bond motifs is 1. The number of non-ortho nitro benzene ring substituents is 1. The highest BCUT2D eigenvalue weighted by Crippen LogP contribution is 2.38. The van der Waals surface area contributed by atoms with E-state index in [4.69, 9.17) is 11.6 Å². The van der Waals surface area contributed by atoms with Gasteiger partial charge in [0.1, 0.15) is 6.04 Å². The summed E-state index contributed by atoms with van der Waals surface area (Å²) < 4.78 is 1.60. The van der Waals surface area contributed by atoms with E-state index in [1.54, 1.807) is 41.9 Å². The molecule has 9 nitrogen and oxygen atoms in total. The van der Waals surface area contributed by atoms with Gasteiger partial charge in [0.2, 0.25) is 5.95 Å². The van der Waals surface area contributed by atoms with E-state index >= 15 is 0 Å². The van der Waals surface area contributed by atoms with E-state index in [1.807, 2.05) is 36.4 Å². The molecule has 1 aliphatic heterocycles. The molecule has 35 heavy (non-hydrogen) atoms. The predicted molar refractivity (Wildman–Crippen MR) is 133 cm³/mol. The Morgan fingerprint density at radius 3 is 2.43 bits per heavy atom. The number of allylic oxidation sites excluding steroid dienone is 1. The highest BCUT2D eigenvalue weighted by molar-refractivity contribution is 6.33. The summed E-state index contributed by atoms with van der Waals surface area (Å²) in [6, 6.07) is 21.7. The molecule has 0 saturated heterocycles. The largest absolute Gasteiger partial charge is 0.328 e. The van der Waals surface area contributed by atoms with Crippen molar-refractivity contribution in [2.75, 3.05) is 10.6 Å². The quantitative estimate of drug-likeness (QED) is 0.287. The van der Waals surface area contributed by atoms with Crippen molar-refractivity contribution in [3.8, 4) is 11.4 Å². The number of anilines is 2. The molecule has 0 saturated carbocycles. The van der Waals surface area contributed by atoms with Crippen molar-refractivity contribution in [1.29, 1.82) is 0 Å². The van der Waals surface area contributed by atoms with Crippen LogP contribution in [0, 0.1) is 10.1 Å². The van der Waals surface area contributed by atoms with Crippen LogP contribution in [-0.4, -0.2) is 25.6 Å². The predicted octanol–water partition coefficient (Wildman–Crippen LogP) is 5.43. The first kappa shape index (κ1) is 22.3. The number of hydrogen-bond donors (Lipinski definition) is 2. The fraction of sp³-hybridized carbons (Fsp3) is 0.0800. The third-order valence-electron chi connectivity index (χ3n) is 5.66. The summed E-state index contributed by atoms with van der Waals surface area (Å²) in [5, 5.41) is 22.5. The van der Waals surface area contributed by atoms with Gasteiger partial charge >= 0.3 is 0 Å². The zero-order chi connectivity index (χ0) is 24.5. The lowest BCUT2D eigenvalue weighted by atomic mass is 9.95. The van der Waals surface area contributed by atoms with E-state index in [2.05, 4.69) is 20.7 Å². The summed E-state index contributed by atoms with van der Waals surface area (Å²) in [5.74, 6) is 0.490. The molecule has 174 valence electrons. The molecule has 1 amide bonds. The number of nitro benzene ring substituents is 1. The molecular formula is C25H19ClN6O3. The molecule has 0 radical (unpaired) electrons. The van der Waals surface area contributed by atoms with Gasteiger partial charge in [-0.3, -0.25) is 14.9 Å². The molecule has 2 N–H and O–H groups in total. The number of carbonyl (C=O) groups excluding carboxylic acids is 1. The maximum absolute atomic E-state index is 13.5. The standard InChI is InChI=1S/C25H19ClN6O3/c1-15-21(24(33)28-17-7-3-2-4-8-17)22(16-11-13-18(14-12-16)32(34)35)31-25(27-15)29-23(30-31)19-9-5-6-10-20(19)26/h2-14,22H,1H3,(H,28,33)(H,27,29,30)/t22-/m0/s1. The topological polar surface area (TPSA) is 115 Å². The monoisotopic (exact) mass is 486 g/mol. The average molecular weight is 487 g/mol. The molecule has 0 unspecified atom stereocenters. The molecule has 3 aromatic carbocycles. The van der Waals surface area contributed by atoms with Gasteiger partial charge in [0.15, 0.2) is 5.82 Å². The Labute approximate surface area is 205 Å². The van der Waals surface area contributed by atoms with Gasteiger partial charge in [0.05, 0.1) is 15.5 Å². The lowest BCUT2D eigenvalue weighted by Crippen LogP contribution is -2.31. The van der Waals surface area contributed by atoms with Crippen molar-refractivity contribution in [2.45, 2.75) is 13.0 Å². The highest BCUT2D eigenvalue weighted by Gasteiger charge is 2.35.